The molecule has 0 saturated heterocycles. The summed E-state index contributed by atoms with van der Waals surface area (Å²) in [5.74, 6) is 0.507. The third-order valence-corrected chi connectivity index (χ3v) is 5.42. The summed E-state index contributed by atoms with van der Waals surface area (Å²) in [4.78, 5) is 11.8. The number of sulfonamides is 1. The molecule has 0 aliphatic carbocycles. The molecule has 2 aromatic rings. The van der Waals surface area contributed by atoms with Crippen molar-refractivity contribution < 1.29 is 27.4 Å². The first-order chi connectivity index (χ1) is 13.7. The van der Waals surface area contributed by atoms with Crippen LogP contribution in [0.1, 0.15) is 6.92 Å². The average Bonchev–Trinajstić information content (AvgIpc) is 2.67. The van der Waals surface area contributed by atoms with E-state index >= 15 is 0 Å². The Hall–Kier alpha value is -2.49. The van der Waals surface area contributed by atoms with Gasteiger partial charge in [-0.15, -0.1) is 0 Å². The molecule has 0 unspecified atom stereocenters. The fraction of sp³-hybridized carbons (Fsp3) is 0.316. The van der Waals surface area contributed by atoms with Crippen molar-refractivity contribution >= 4 is 33.2 Å². The second-order valence-corrected chi connectivity index (χ2v) is 8.23. The molecule has 0 fully saturated rings. The summed E-state index contributed by atoms with van der Waals surface area (Å²) in [6.07, 6.45) is 0. The topological polar surface area (TPSA) is 103 Å². The highest BCUT2D eigenvalue weighted by atomic mass is 35.5. The second-order valence-electron chi connectivity index (χ2n) is 6.14. The molecule has 10 heteroatoms. The van der Waals surface area contributed by atoms with Gasteiger partial charge in [0.15, 0.2) is 6.61 Å². The molecule has 158 valence electrons. The van der Waals surface area contributed by atoms with Crippen LogP contribution in [0, 0.1) is 0 Å². The van der Waals surface area contributed by atoms with Crippen LogP contribution >= 0.6 is 11.6 Å². The molecule has 1 atom stereocenters. The van der Waals surface area contributed by atoms with E-state index in [1.54, 1.807) is 19.2 Å². The number of nitrogens with one attached hydrogen (secondary N) is 2. The summed E-state index contributed by atoms with van der Waals surface area (Å²) in [7, 11) is -0.799. The molecule has 2 rings (SSSR count). The third kappa shape index (κ3) is 6.81. The minimum absolute atomic E-state index is 0.0370. The first kappa shape index (κ1) is 22.8. The lowest BCUT2D eigenvalue weighted by Gasteiger charge is -2.13. The lowest BCUT2D eigenvalue weighted by atomic mass is 10.3. The molecule has 29 heavy (non-hydrogen) atoms. The maximum atomic E-state index is 12.5. The zero-order valence-corrected chi connectivity index (χ0v) is 17.8. The number of ether oxygens (including phenoxy) is 3. The number of halogens is 1. The van der Waals surface area contributed by atoms with Gasteiger partial charge < -0.3 is 19.5 Å². The van der Waals surface area contributed by atoms with Gasteiger partial charge in [-0.05, 0) is 49.4 Å². The number of anilines is 1. The van der Waals surface area contributed by atoms with Gasteiger partial charge >= 0.3 is 0 Å². The van der Waals surface area contributed by atoms with Crippen LogP contribution in [0.15, 0.2) is 47.4 Å². The second kappa shape index (κ2) is 10.3. The number of carbonyl (C=O) groups is 1. The highest BCUT2D eigenvalue weighted by Gasteiger charge is 2.15. The quantitative estimate of drug-likeness (QED) is 0.586. The number of amides is 1. The third-order valence-electron chi connectivity index (χ3n) is 3.73. The van der Waals surface area contributed by atoms with Crippen molar-refractivity contribution in [1.82, 2.24) is 5.32 Å². The molecule has 0 radical (unpaired) electrons. The van der Waals surface area contributed by atoms with Gasteiger partial charge in [0.1, 0.15) is 11.5 Å². The van der Waals surface area contributed by atoms with Crippen LogP contribution in [0.5, 0.6) is 11.5 Å². The van der Waals surface area contributed by atoms with Crippen molar-refractivity contribution in [3.8, 4) is 11.5 Å². The Kier molecular flexibility index (Phi) is 8.12. The van der Waals surface area contributed by atoms with Crippen LogP contribution in [0.2, 0.25) is 5.02 Å². The molecule has 0 saturated carbocycles. The van der Waals surface area contributed by atoms with Crippen LogP contribution in [-0.4, -0.2) is 47.8 Å². The molecule has 8 nitrogen and oxygen atoms in total. The Balaban J connectivity index is 1.97. The van der Waals surface area contributed by atoms with Crippen molar-refractivity contribution in [2.45, 2.75) is 17.9 Å². The maximum absolute atomic E-state index is 12.5. The van der Waals surface area contributed by atoms with Crippen molar-refractivity contribution in [2.75, 3.05) is 32.2 Å². The molecule has 0 bridgehead atoms. The van der Waals surface area contributed by atoms with Gasteiger partial charge in [0.05, 0.1) is 29.3 Å². The first-order valence-corrected chi connectivity index (χ1v) is 10.5. The molecule has 2 N–H and O–H groups in total. The van der Waals surface area contributed by atoms with Gasteiger partial charge in [-0.2, -0.15) is 0 Å². The number of rotatable bonds is 10. The smallest absolute Gasteiger partial charge is 0.261 e. The van der Waals surface area contributed by atoms with E-state index in [0.717, 1.165) is 0 Å². The number of hydrogen-bond acceptors (Lipinski definition) is 6. The molecule has 0 aliphatic rings. The summed E-state index contributed by atoms with van der Waals surface area (Å²) >= 11 is 6.02. The van der Waals surface area contributed by atoms with Crippen LogP contribution in [-0.2, 0) is 19.6 Å². The summed E-state index contributed by atoms with van der Waals surface area (Å²) in [5, 5.41) is 3.00. The fourth-order valence-electron chi connectivity index (χ4n) is 2.42. The summed E-state index contributed by atoms with van der Waals surface area (Å²) in [6, 6.07) is 10.1. The van der Waals surface area contributed by atoms with Gasteiger partial charge in [-0.25, -0.2) is 8.42 Å². The molecular weight excluding hydrogens is 420 g/mol. The van der Waals surface area contributed by atoms with E-state index in [1.807, 2.05) is 6.92 Å². The Morgan fingerprint density at radius 1 is 1.14 bits per heavy atom. The van der Waals surface area contributed by atoms with Gasteiger partial charge in [-0.1, -0.05) is 11.6 Å². The summed E-state index contributed by atoms with van der Waals surface area (Å²) in [5.41, 5.74) is 0.304. The van der Waals surface area contributed by atoms with Crippen LogP contribution in [0.4, 0.5) is 5.69 Å². The summed E-state index contributed by atoms with van der Waals surface area (Å²) in [6.45, 7) is 2.01. The standard InChI is InChI=1S/C19H23ClN2O6S/c1-13(11-26-2)21-19(23)12-28-15-5-7-16(8-6-15)29(24,25)22-14-4-9-18(27-3)17(20)10-14/h4-10,13,22H,11-12H2,1-3H3,(H,21,23)/t13-/m0/s1. The Morgan fingerprint density at radius 2 is 1.83 bits per heavy atom. The van der Waals surface area contributed by atoms with Crippen molar-refractivity contribution in [1.29, 1.82) is 0 Å². The van der Waals surface area contributed by atoms with Gasteiger partial charge in [-0.3, -0.25) is 9.52 Å². The predicted molar refractivity (Wildman–Crippen MR) is 110 cm³/mol. The molecule has 0 spiro atoms. The Labute approximate surface area is 175 Å². The molecule has 2 aromatic carbocycles. The maximum Gasteiger partial charge on any atom is 0.261 e. The van der Waals surface area contributed by atoms with E-state index in [1.165, 1.54) is 37.4 Å². The monoisotopic (exact) mass is 442 g/mol. The van der Waals surface area contributed by atoms with Crippen molar-refractivity contribution in [2.24, 2.45) is 0 Å². The largest absolute Gasteiger partial charge is 0.495 e. The molecule has 0 aliphatic heterocycles. The zero-order chi connectivity index (χ0) is 21.4. The molecular formula is C19H23ClN2O6S. The zero-order valence-electron chi connectivity index (χ0n) is 16.3. The van der Waals surface area contributed by atoms with Gasteiger partial charge in [0.25, 0.3) is 15.9 Å². The SMILES string of the molecule is COC[C@H](C)NC(=O)COc1ccc(S(=O)(=O)Nc2ccc(OC)c(Cl)c2)cc1. The number of benzene rings is 2. The number of hydrogen-bond donors (Lipinski definition) is 2. The first-order valence-electron chi connectivity index (χ1n) is 8.62. The van der Waals surface area contributed by atoms with Gasteiger partial charge in [0.2, 0.25) is 0 Å². The van der Waals surface area contributed by atoms with E-state index in [9.17, 15) is 13.2 Å². The highest BCUT2D eigenvalue weighted by Crippen LogP contribution is 2.28. The van der Waals surface area contributed by atoms with E-state index in [0.29, 0.717) is 23.8 Å². The van der Waals surface area contributed by atoms with Crippen molar-refractivity contribution in [3.63, 3.8) is 0 Å². The van der Waals surface area contributed by atoms with E-state index in [2.05, 4.69) is 10.0 Å². The molecule has 1 amide bonds. The van der Waals surface area contributed by atoms with E-state index < -0.39 is 10.0 Å². The predicted octanol–water partition coefficient (Wildman–Crippen LogP) is 2.68. The van der Waals surface area contributed by atoms with Crippen LogP contribution in [0.3, 0.4) is 0 Å². The Bertz CT molecular complexity index is 934. The Morgan fingerprint density at radius 3 is 2.41 bits per heavy atom. The van der Waals surface area contributed by atoms with E-state index in [4.69, 9.17) is 25.8 Å². The average molecular weight is 443 g/mol. The number of methoxy groups -OCH3 is 2. The molecule has 0 aromatic heterocycles. The number of carbonyl (C=O) groups excluding carboxylic acids is 1. The molecule has 0 heterocycles. The minimum Gasteiger partial charge on any atom is -0.495 e. The normalized spacial score (nSPS) is 12.1. The van der Waals surface area contributed by atoms with Crippen LogP contribution < -0.4 is 19.5 Å². The lowest BCUT2D eigenvalue weighted by molar-refractivity contribution is -0.124. The fourth-order valence-corrected chi connectivity index (χ4v) is 3.72. The van der Waals surface area contributed by atoms with Crippen LogP contribution in [0.25, 0.3) is 0 Å². The van der Waals surface area contributed by atoms with Crippen molar-refractivity contribution in [3.05, 3.63) is 47.5 Å². The summed E-state index contributed by atoms with van der Waals surface area (Å²) < 4.78 is 42.9. The van der Waals surface area contributed by atoms with E-state index in [-0.39, 0.29) is 28.5 Å². The minimum atomic E-state index is -3.82. The van der Waals surface area contributed by atoms with Gasteiger partial charge in [0, 0.05) is 13.2 Å². The lowest BCUT2D eigenvalue weighted by Crippen LogP contribution is -2.38. The highest BCUT2D eigenvalue weighted by molar-refractivity contribution is 7.92.